The smallest absolute Gasteiger partial charge is 0.229 e. The van der Waals surface area contributed by atoms with Crippen molar-refractivity contribution in [2.45, 2.75) is 42.9 Å². The van der Waals surface area contributed by atoms with Crippen LogP contribution in [0.25, 0.3) is 0 Å². The van der Waals surface area contributed by atoms with Crippen LogP contribution in [0.15, 0.2) is 29.8 Å². The lowest BCUT2D eigenvalue weighted by molar-refractivity contribution is -0.132. The molecule has 2 bridgehead atoms. The zero-order chi connectivity index (χ0) is 17.2. The standard InChI is InChI=1S/C21H21IN2O2/c22-12-1-2-15-14(7-12)21-4-5-23-10-11-3-6-26-16-9-18(25)24(15)20(21)19(16)13(11)8-17(21)23/h1-3,7,13,16-17,19-20H,4-6,8-10H2/t13-,16-,17-,19-,20-,21+/m0/s1. The summed E-state index contributed by atoms with van der Waals surface area (Å²) >= 11 is 2.43. The number of rotatable bonds is 0. The average Bonchev–Trinajstić information content (AvgIpc) is 3.09. The Morgan fingerprint density at radius 2 is 2.23 bits per heavy atom. The number of benzene rings is 1. The molecule has 1 spiro atoms. The minimum Gasteiger partial charge on any atom is -0.373 e. The van der Waals surface area contributed by atoms with E-state index in [1.807, 2.05) is 0 Å². The minimum atomic E-state index is 0.0980. The Balaban J connectivity index is 1.55. The van der Waals surface area contributed by atoms with Crippen LogP contribution >= 0.6 is 22.6 Å². The van der Waals surface area contributed by atoms with Crippen molar-refractivity contribution in [2.24, 2.45) is 11.8 Å². The Bertz CT molecular complexity index is 898. The fourth-order valence-electron chi connectivity index (χ4n) is 7.52. The normalized spacial score (nSPS) is 44.7. The summed E-state index contributed by atoms with van der Waals surface area (Å²) in [5.41, 5.74) is 4.35. The van der Waals surface area contributed by atoms with E-state index >= 15 is 0 Å². The van der Waals surface area contributed by atoms with Gasteiger partial charge in [-0.05, 0) is 71.7 Å². The number of nitrogens with zero attached hydrogens (tertiary/aromatic N) is 2. The number of carbonyl (C=O) groups is 1. The topological polar surface area (TPSA) is 32.8 Å². The first-order valence-corrected chi connectivity index (χ1v) is 10.9. The van der Waals surface area contributed by atoms with Crippen LogP contribution in [-0.4, -0.2) is 48.7 Å². The number of carbonyl (C=O) groups excluding carboxylic acids is 1. The summed E-state index contributed by atoms with van der Waals surface area (Å²) < 4.78 is 7.56. The van der Waals surface area contributed by atoms with Gasteiger partial charge in [-0.2, -0.15) is 0 Å². The van der Waals surface area contributed by atoms with E-state index in [1.165, 1.54) is 27.7 Å². The van der Waals surface area contributed by atoms with Crippen LogP contribution in [0.4, 0.5) is 5.69 Å². The number of hydrogen-bond acceptors (Lipinski definition) is 3. The minimum absolute atomic E-state index is 0.0980. The predicted molar refractivity (Wildman–Crippen MR) is 106 cm³/mol. The van der Waals surface area contributed by atoms with Crippen LogP contribution in [0.1, 0.15) is 24.8 Å². The molecular weight excluding hydrogens is 439 g/mol. The number of amides is 1. The number of hydrogen-bond donors (Lipinski definition) is 0. The molecule has 4 nitrogen and oxygen atoms in total. The third-order valence-corrected chi connectivity index (χ3v) is 8.94. The maximum atomic E-state index is 13.3. The van der Waals surface area contributed by atoms with Crippen molar-refractivity contribution in [3.63, 3.8) is 0 Å². The van der Waals surface area contributed by atoms with Gasteiger partial charge in [0.25, 0.3) is 0 Å². The molecule has 0 radical (unpaired) electrons. The SMILES string of the molecule is O=C1C[C@@H]2OCC=C3CN4CC[C@]56c7cc(I)ccc7N1[C@H]5[C@H]2[C@H]3C[C@H]46. The summed E-state index contributed by atoms with van der Waals surface area (Å²) in [4.78, 5) is 18.2. The van der Waals surface area contributed by atoms with Gasteiger partial charge >= 0.3 is 0 Å². The first kappa shape index (κ1) is 15.1. The molecule has 5 heterocycles. The number of ether oxygens (including phenoxy) is 1. The Kier molecular flexibility index (Phi) is 2.74. The van der Waals surface area contributed by atoms with Gasteiger partial charge in [0.1, 0.15) is 0 Å². The third-order valence-electron chi connectivity index (χ3n) is 8.27. The van der Waals surface area contributed by atoms with Crippen LogP contribution in [0.3, 0.4) is 0 Å². The lowest BCUT2D eigenvalue weighted by Gasteiger charge is -2.58. The van der Waals surface area contributed by atoms with Crippen molar-refractivity contribution < 1.29 is 9.53 Å². The van der Waals surface area contributed by atoms with Gasteiger partial charge in [0, 0.05) is 33.2 Å². The molecule has 1 aliphatic carbocycles. The summed E-state index contributed by atoms with van der Waals surface area (Å²) in [7, 11) is 0. The van der Waals surface area contributed by atoms with Crippen molar-refractivity contribution in [3.8, 4) is 0 Å². The second kappa shape index (κ2) is 4.73. The quantitative estimate of drug-likeness (QED) is 0.441. The zero-order valence-corrected chi connectivity index (χ0v) is 16.7. The van der Waals surface area contributed by atoms with E-state index in [2.05, 4.69) is 56.7 Å². The summed E-state index contributed by atoms with van der Waals surface area (Å²) in [6.45, 7) is 2.96. The number of halogens is 1. The van der Waals surface area contributed by atoms with Gasteiger partial charge in [0.2, 0.25) is 5.91 Å². The highest BCUT2D eigenvalue weighted by atomic mass is 127. The van der Waals surface area contributed by atoms with E-state index in [1.54, 1.807) is 5.57 Å². The molecule has 26 heavy (non-hydrogen) atoms. The van der Waals surface area contributed by atoms with E-state index in [0.29, 0.717) is 30.9 Å². The van der Waals surface area contributed by atoms with E-state index < -0.39 is 0 Å². The molecule has 0 unspecified atom stereocenters. The predicted octanol–water partition coefficient (Wildman–Crippen LogP) is 2.70. The second-order valence-electron chi connectivity index (χ2n) is 8.92. The van der Waals surface area contributed by atoms with Crippen LogP contribution in [0, 0.1) is 15.4 Å². The molecular formula is C21H21IN2O2. The van der Waals surface area contributed by atoms with E-state index in [0.717, 1.165) is 13.1 Å². The summed E-state index contributed by atoms with van der Waals surface area (Å²) in [5, 5.41) is 0. The van der Waals surface area contributed by atoms with Crippen molar-refractivity contribution >= 4 is 34.2 Å². The number of anilines is 1. The lowest BCUT2D eigenvalue weighted by Crippen LogP contribution is -2.69. The van der Waals surface area contributed by atoms with E-state index in [4.69, 9.17) is 4.74 Å². The molecule has 1 amide bonds. The van der Waals surface area contributed by atoms with Crippen LogP contribution in [-0.2, 0) is 14.9 Å². The second-order valence-corrected chi connectivity index (χ2v) is 10.2. The molecule has 1 saturated carbocycles. The molecule has 0 N–H and O–H groups in total. The molecule has 7 rings (SSSR count). The number of fused-ring (bicyclic) bond motifs is 2. The average molecular weight is 460 g/mol. The molecule has 1 aromatic rings. The largest absolute Gasteiger partial charge is 0.373 e. The third kappa shape index (κ3) is 1.52. The molecule has 6 aliphatic rings. The van der Waals surface area contributed by atoms with Crippen LogP contribution < -0.4 is 4.90 Å². The van der Waals surface area contributed by atoms with Crippen molar-refractivity contribution in [1.82, 2.24) is 4.90 Å². The lowest BCUT2D eigenvalue weighted by atomic mass is 9.53. The van der Waals surface area contributed by atoms with E-state index in [-0.39, 0.29) is 23.5 Å². The van der Waals surface area contributed by atoms with Gasteiger partial charge in [-0.25, -0.2) is 0 Å². The summed E-state index contributed by atoms with van der Waals surface area (Å²) in [5.74, 6) is 1.34. The highest BCUT2D eigenvalue weighted by Gasteiger charge is 2.70. The molecule has 6 atom stereocenters. The molecule has 1 aromatic carbocycles. The maximum absolute atomic E-state index is 13.3. The number of piperidine rings is 2. The van der Waals surface area contributed by atoms with Crippen molar-refractivity contribution in [2.75, 3.05) is 24.6 Å². The summed E-state index contributed by atoms with van der Waals surface area (Å²) in [6, 6.07) is 7.63. The van der Waals surface area contributed by atoms with Gasteiger partial charge in [0.15, 0.2) is 0 Å². The monoisotopic (exact) mass is 460 g/mol. The molecule has 5 heteroatoms. The fourth-order valence-corrected chi connectivity index (χ4v) is 8.01. The van der Waals surface area contributed by atoms with E-state index in [9.17, 15) is 4.79 Å². The Morgan fingerprint density at radius 3 is 3.15 bits per heavy atom. The van der Waals surface area contributed by atoms with Gasteiger partial charge in [-0.15, -0.1) is 0 Å². The maximum Gasteiger partial charge on any atom is 0.229 e. The van der Waals surface area contributed by atoms with Crippen molar-refractivity contribution in [3.05, 3.63) is 39.0 Å². The van der Waals surface area contributed by atoms with Crippen LogP contribution in [0.5, 0.6) is 0 Å². The van der Waals surface area contributed by atoms with Gasteiger partial charge in [-0.1, -0.05) is 11.6 Å². The van der Waals surface area contributed by atoms with Gasteiger partial charge in [-0.3, -0.25) is 9.69 Å². The molecule has 3 saturated heterocycles. The highest BCUT2D eigenvalue weighted by molar-refractivity contribution is 14.1. The molecule has 4 fully saturated rings. The summed E-state index contributed by atoms with van der Waals surface area (Å²) in [6.07, 6.45) is 5.42. The Morgan fingerprint density at radius 1 is 1.31 bits per heavy atom. The zero-order valence-electron chi connectivity index (χ0n) is 14.5. The Hall–Kier alpha value is -0.920. The first-order valence-electron chi connectivity index (χ1n) is 9.85. The Labute approximate surface area is 166 Å². The molecule has 0 aromatic heterocycles. The van der Waals surface area contributed by atoms with Gasteiger partial charge in [0.05, 0.1) is 25.2 Å². The van der Waals surface area contributed by atoms with Gasteiger partial charge < -0.3 is 9.64 Å². The van der Waals surface area contributed by atoms with Crippen LogP contribution in [0.2, 0.25) is 0 Å². The highest BCUT2D eigenvalue weighted by Crippen LogP contribution is 2.65. The first-order chi connectivity index (χ1) is 12.7. The van der Waals surface area contributed by atoms with Crippen molar-refractivity contribution in [1.29, 1.82) is 0 Å². The molecule has 5 aliphatic heterocycles. The fraction of sp³-hybridized carbons (Fsp3) is 0.571. The molecule has 134 valence electrons.